The van der Waals surface area contributed by atoms with Crippen LogP contribution in [-0.4, -0.2) is 112 Å². The van der Waals surface area contributed by atoms with Crippen molar-refractivity contribution in [3.05, 3.63) is 83.7 Å². The van der Waals surface area contributed by atoms with Crippen LogP contribution in [0.5, 0.6) is 0 Å². The zero-order valence-corrected chi connectivity index (χ0v) is 38.6. The van der Waals surface area contributed by atoms with Crippen molar-refractivity contribution in [2.75, 3.05) is 52.0 Å². The summed E-state index contributed by atoms with van der Waals surface area (Å²) in [7, 11) is 2.63. The number of nitrogens with one attached hydrogen (secondary N) is 1. The van der Waals surface area contributed by atoms with Gasteiger partial charge in [0.15, 0.2) is 17.7 Å². The highest BCUT2D eigenvalue weighted by Gasteiger charge is 2.45. The molecule has 0 spiro atoms. The summed E-state index contributed by atoms with van der Waals surface area (Å²) in [6.45, 7) is -0.304. The summed E-state index contributed by atoms with van der Waals surface area (Å²) in [5, 5.41) is 36.1. The second-order valence-corrected chi connectivity index (χ2v) is 18.2. The van der Waals surface area contributed by atoms with Gasteiger partial charge in [-0.05, 0) is 48.7 Å². The molecule has 20 nitrogen and oxygen atoms in total. The molecule has 1 amide bonds. The van der Waals surface area contributed by atoms with Crippen LogP contribution in [0.4, 0.5) is 11.5 Å². The van der Waals surface area contributed by atoms with E-state index in [1.165, 1.54) is 23.3 Å². The number of nitrogens with two attached hydrogens (primary N) is 1. The molecule has 4 aromatic rings. The van der Waals surface area contributed by atoms with Crippen LogP contribution in [-0.2, 0) is 23.1 Å². The molecule has 2 aromatic heterocycles. The third kappa shape index (κ3) is 11.3. The fraction of sp³-hybridized carbons (Fsp3) is 0.413. The summed E-state index contributed by atoms with van der Waals surface area (Å²) in [5.41, 5.74) is 9.98. The molecule has 2 aromatic carbocycles. The van der Waals surface area contributed by atoms with Crippen molar-refractivity contribution >= 4 is 59.3 Å². The molecule has 1 fully saturated rings. The molecule has 6 N–H and O–H groups in total. The lowest BCUT2D eigenvalue weighted by Crippen LogP contribution is -2.34. The summed E-state index contributed by atoms with van der Waals surface area (Å²) >= 11 is 0. The number of phosphoric ester groups is 1. The third-order valence-corrected chi connectivity index (χ3v) is 12.6. The number of aliphatic hydroxyl groups is 2. The number of rotatable bonds is 20. The van der Waals surface area contributed by atoms with Gasteiger partial charge in [-0.2, -0.15) is 0 Å². The Bertz CT molecular complexity index is 2860. The van der Waals surface area contributed by atoms with Crippen LogP contribution < -0.4 is 30.8 Å². The Hall–Kier alpha value is -6.28. The van der Waals surface area contributed by atoms with E-state index in [0.717, 1.165) is 60.5 Å². The molecule has 7 rings (SSSR count). The highest BCUT2D eigenvalue weighted by atomic mass is 31.2. The van der Waals surface area contributed by atoms with Gasteiger partial charge in [0.1, 0.15) is 55.6 Å². The van der Waals surface area contributed by atoms with E-state index in [9.17, 15) is 39.2 Å². The monoisotopic (exact) mass is 942 g/mol. The van der Waals surface area contributed by atoms with Crippen LogP contribution in [0.2, 0.25) is 0 Å². The predicted octanol–water partition coefficient (Wildman–Crippen LogP) is 4.31. The van der Waals surface area contributed by atoms with Crippen LogP contribution in [0, 0.1) is 0 Å². The molecule has 3 aliphatic rings. The number of fused-ring (bicyclic) bond motifs is 3. The SMILES string of the molecule is CN(C)c1ccc2c(-c3ccc(C(=O)NCCCCCCCCCCC(=O)OP(=O)([O-])OCC4OC(n5cnc6c(N)ncnc65)C(O)C4O)cc3C(=O)O)c3ccc(=[N+](C)C)cc-3oc2c1. The second kappa shape index (κ2) is 21.1. The van der Waals surface area contributed by atoms with E-state index in [0.29, 0.717) is 41.9 Å². The second-order valence-electron chi connectivity index (χ2n) is 16.9. The number of carbonyl (C=O) groups is 3. The first kappa shape index (κ1) is 48.6. The molecule has 21 heteroatoms. The standard InChI is InChI=1S/C46H55N8O12P/c1-52(2)28-15-18-31-34(22-28)64-35-23-29(53(3)4)16-19-32(35)38(31)30-17-14-27(21-33(30)46(59)60)44(58)48-20-12-10-8-6-5-7-9-11-13-37(55)66-67(61,62)63-24-36-40(56)41(57)45(65-36)54-26-51-39-42(47)49-25-50-43(39)54/h14-19,21-23,25-26,36,40-41,45,56-57H,5-13,20,24H2,1-4H3,(H4-,47,48,49,50,58,59,60,61,62). The lowest BCUT2D eigenvalue weighted by atomic mass is 9.89. The number of nitrogens with zero attached hydrogens (tertiary/aromatic N) is 6. The molecular weight excluding hydrogens is 888 g/mol. The Labute approximate surface area is 385 Å². The minimum Gasteiger partial charge on any atom is -0.746 e. The maximum absolute atomic E-state index is 13.2. The summed E-state index contributed by atoms with van der Waals surface area (Å²) in [6.07, 6.45) is 3.09. The lowest BCUT2D eigenvalue weighted by Gasteiger charge is -2.24. The van der Waals surface area contributed by atoms with Gasteiger partial charge in [0, 0.05) is 67.0 Å². The average molecular weight is 943 g/mol. The summed E-state index contributed by atoms with van der Waals surface area (Å²) in [4.78, 5) is 64.6. The van der Waals surface area contributed by atoms with E-state index in [2.05, 4.69) is 24.8 Å². The first-order chi connectivity index (χ1) is 32.0. The summed E-state index contributed by atoms with van der Waals surface area (Å²) in [6, 6.07) is 16.4. The number of anilines is 2. The van der Waals surface area contributed by atoms with E-state index in [1.807, 2.05) is 74.1 Å². The minimum atomic E-state index is -5.10. The number of imidazole rings is 1. The van der Waals surface area contributed by atoms with Crippen molar-refractivity contribution < 1.29 is 57.4 Å². The van der Waals surface area contributed by atoms with Crippen molar-refractivity contribution in [3.63, 3.8) is 0 Å². The van der Waals surface area contributed by atoms with E-state index in [-0.39, 0.29) is 40.4 Å². The number of aliphatic hydroxyl groups excluding tert-OH is 2. The number of aromatic carboxylic acids is 1. The molecule has 0 saturated carbocycles. The minimum absolute atomic E-state index is 0.000652. The number of aromatic nitrogens is 4. The van der Waals surface area contributed by atoms with Gasteiger partial charge in [0.25, 0.3) is 5.91 Å². The number of unbranched alkanes of at least 4 members (excludes halogenated alkanes) is 7. The number of phosphoric acid groups is 1. The van der Waals surface area contributed by atoms with Crippen molar-refractivity contribution in [1.29, 1.82) is 0 Å². The molecule has 5 atom stereocenters. The zero-order chi connectivity index (χ0) is 48.0. The van der Waals surface area contributed by atoms with Crippen molar-refractivity contribution in [2.24, 2.45) is 0 Å². The summed E-state index contributed by atoms with van der Waals surface area (Å²) < 4.78 is 37.1. The molecule has 0 radical (unpaired) electrons. The van der Waals surface area contributed by atoms with Gasteiger partial charge >= 0.3 is 19.8 Å². The van der Waals surface area contributed by atoms with Gasteiger partial charge in [-0.15, -0.1) is 0 Å². The highest BCUT2D eigenvalue weighted by Crippen LogP contribution is 2.43. The molecule has 1 aliphatic carbocycles. The van der Waals surface area contributed by atoms with Gasteiger partial charge in [-0.1, -0.05) is 44.6 Å². The predicted molar refractivity (Wildman–Crippen MR) is 246 cm³/mol. The number of ether oxygens (including phenoxy) is 1. The van der Waals surface area contributed by atoms with Crippen molar-refractivity contribution in [1.82, 2.24) is 29.4 Å². The Morgan fingerprint density at radius 3 is 2.36 bits per heavy atom. The quantitative estimate of drug-likeness (QED) is 0.0309. The Morgan fingerprint density at radius 1 is 0.925 bits per heavy atom. The third-order valence-electron chi connectivity index (χ3n) is 11.7. The molecular formula is C46H55N8O12P. The largest absolute Gasteiger partial charge is 0.746 e. The van der Waals surface area contributed by atoms with E-state index >= 15 is 0 Å². The van der Waals surface area contributed by atoms with Gasteiger partial charge in [0.2, 0.25) is 5.36 Å². The molecule has 356 valence electrons. The average Bonchev–Trinajstić information content (AvgIpc) is 3.85. The number of hydrogen-bond donors (Lipinski definition) is 5. The lowest BCUT2D eigenvalue weighted by molar-refractivity contribution is -0.227. The number of carboxylic acid groups (broad SMARTS) is 1. The fourth-order valence-electron chi connectivity index (χ4n) is 8.07. The molecule has 5 unspecified atom stereocenters. The smallest absolute Gasteiger partial charge is 0.336 e. The maximum Gasteiger partial charge on any atom is 0.336 e. The number of nitrogen functional groups attached to an aromatic ring is 1. The van der Waals surface area contributed by atoms with Crippen LogP contribution >= 0.6 is 7.82 Å². The Kier molecular flexibility index (Phi) is 15.3. The number of hydrogen-bond acceptors (Lipinski definition) is 16. The molecule has 2 aliphatic heterocycles. The van der Waals surface area contributed by atoms with Crippen LogP contribution in [0.15, 0.2) is 71.7 Å². The van der Waals surface area contributed by atoms with E-state index in [4.69, 9.17) is 19.4 Å². The Morgan fingerprint density at radius 2 is 1.64 bits per heavy atom. The number of carboxylic acids is 1. The maximum atomic E-state index is 13.2. The van der Waals surface area contributed by atoms with Gasteiger partial charge < -0.3 is 54.4 Å². The van der Waals surface area contributed by atoms with Gasteiger partial charge in [-0.3, -0.25) is 18.7 Å². The van der Waals surface area contributed by atoms with Crippen LogP contribution in [0.3, 0.4) is 0 Å². The number of amides is 1. The first-order valence-electron chi connectivity index (χ1n) is 22.0. The van der Waals surface area contributed by atoms with E-state index in [1.54, 1.807) is 12.1 Å². The summed E-state index contributed by atoms with van der Waals surface area (Å²) in [5.74, 6) is -1.80. The van der Waals surface area contributed by atoms with Gasteiger partial charge in [-0.25, -0.2) is 24.3 Å². The van der Waals surface area contributed by atoms with Crippen LogP contribution in [0.1, 0.15) is 84.7 Å². The number of benzene rings is 3. The van der Waals surface area contributed by atoms with Crippen molar-refractivity contribution in [2.45, 2.75) is 82.3 Å². The molecule has 4 heterocycles. The normalized spacial score (nSPS) is 18.0. The topological polar surface area (TPSA) is 281 Å². The van der Waals surface area contributed by atoms with Crippen LogP contribution in [0.25, 0.3) is 44.6 Å². The van der Waals surface area contributed by atoms with Gasteiger partial charge in [0.05, 0.1) is 24.6 Å². The fourth-order valence-corrected chi connectivity index (χ4v) is 8.79. The molecule has 1 saturated heterocycles. The van der Waals surface area contributed by atoms with E-state index < -0.39 is 50.9 Å². The first-order valence-corrected chi connectivity index (χ1v) is 23.5. The molecule has 0 bridgehead atoms. The molecule has 67 heavy (non-hydrogen) atoms. The zero-order valence-electron chi connectivity index (χ0n) is 37.7. The number of carbonyl (C=O) groups excluding carboxylic acids is 2. The van der Waals surface area contributed by atoms with Crippen molar-refractivity contribution in [3.8, 4) is 22.5 Å². The highest BCUT2D eigenvalue weighted by molar-refractivity contribution is 7.46. The Balaban J connectivity index is 0.810.